The predicted octanol–water partition coefficient (Wildman–Crippen LogP) is 6.36. The van der Waals surface area contributed by atoms with Crippen LogP contribution in [0.25, 0.3) is 22.1 Å². The van der Waals surface area contributed by atoms with E-state index in [0.29, 0.717) is 41.4 Å². The van der Waals surface area contributed by atoms with Crippen molar-refractivity contribution in [2.75, 3.05) is 0 Å². The van der Waals surface area contributed by atoms with Gasteiger partial charge in [-0.2, -0.15) is 0 Å². The predicted molar refractivity (Wildman–Crippen MR) is 158 cm³/mol. The molecule has 1 aromatic heterocycles. The van der Waals surface area contributed by atoms with Gasteiger partial charge in [-0.1, -0.05) is 54.6 Å². The lowest BCUT2D eigenvalue weighted by atomic mass is 9.99. The van der Waals surface area contributed by atoms with Crippen LogP contribution in [0.1, 0.15) is 34.4 Å². The van der Waals surface area contributed by atoms with Crippen molar-refractivity contribution in [3.63, 3.8) is 0 Å². The molecule has 0 saturated carbocycles. The summed E-state index contributed by atoms with van der Waals surface area (Å²) in [5.41, 5.74) is 11.7. The fraction of sp³-hybridized carbons (Fsp3) is 0.176. The molecule has 5 aromatic rings. The van der Waals surface area contributed by atoms with Gasteiger partial charge in [-0.25, -0.2) is 0 Å². The van der Waals surface area contributed by atoms with Gasteiger partial charge in [0.15, 0.2) is 0 Å². The van der Waals surface area contributed by atoms with Crippen LogP contribution in [-0.2, 0) is 42.2 Å². The van der Waals surface area contributed by atoms with Crippen LogP contribution in [0.3, 0.4) is 0 Å². The fourth-order valence-electron chi connectivity index (χ4n) is 4.86. The maximum Gasteiger partial charge on any atom is 0.307 e. The highest BCUT2D eigenvalue weighted by molar-refractivity contribution is 5.93. The molecule has 214 valence electrons. The van der Waals surface area contributed by atoms with Crippen molar-refractivity contribution < 1.29 is 33.7 Å². The van der Waals surface area contributed by atoms with Gasteiger partial charge in [0.05, 0.1) is 6.42 Å². The molecule has 0 saturated heterocycles. The summed E-state index contributed by atoms with van der Waals surface area (Å²) in [6.07, 6.45) is 0.262. The second kappa shape index (κ2) is 13.1. The van der Waals surface area contributed by atoms with Crippen molar-refractivity contribution >= 4 is 22.9 Å². The van der Waals surface area contributed by atoms with Crippen molar-refractivity contribution in [3.05, 3.63) is 119 Å². The number of rotatable bonds is 13. The lowest BCUT2D eigenvalue weighted by molar-refractivity contribution is -0.137. The van der Waals surface area contributed by atoms with Crippen molar-refractivity contribution in [2.24, 2.45) is 5.73 Å². The minimum Gasteiger partial charge on any atom is -0.489 e. The van der Waals surface area contributed by atoms with E-state index in [1.165, 1.54) is 0 Å². The first-order valence-corrected chi connectivity index (χ1v) is 13.6. The third-order valence-electron chi connectivity index (χ3n) is 6.86. The third kappa shape index (κ3) is 6.97. The molecule has 0 amide bonds. The maximum absolute atomic E-state index is 11.3. The Morgan fingerprint density at radius 2 is 1.45 bits per heavy atom. The number of carbonyl (C=O) groups is 2. The van der Waals surface area contributed by atoms with Crippen molar-refractivity contribution in [1.82, 2.24) is 0 Å². The zero-order valence-electron chi connectivity index (χ0n) is 22.9. The zero-order valence-corrected chi connectivity index (χ0v) is 22.9. The summed E-state index contributed by atoms with van der Waals surface area (Å²) in [6.45, 7) is 0.791. The molecule has 8 nitrogen and oxygen atoms in total. The van der Waals surface area contributed by atoms with Gasteiger partial charge >= 0.3 is 11.9 Å². The van der Waals surface area contributed by atoms with Crippen LogP contribution in [0, 0.1) is 0 Å². The molecule has 8 heteroatoms. The maximum atomic E-state index is 11.3. The molecule has 0 radical (unpaired) electrons. The van der Waals surface area contributed by atoms with Gasteiger partial charge in [0.2, 0.25) is 0 Å². The van der Waals surface area contributed by atoms with E-state index < -0.39 is 11.9 Å². The molecular formula is C34H31NO7. The first kappa shape index (κ1) is 28.4. The first-order chi connectivity index (χ1) is 20.4. The van der Waals surface area contributed by atoms with Crippen LogP contribution >= 0.6 is 0 Å². The Bertz CT molecular complexity index is 1720. The molecule has 0 atom stereocenters. The molecule has 0 spiro atoms. The topological polar surface area (TPSA) is 132 Å². The highest BCUT2D eigenvalue weighted by Crippen LogP contribution is 2.34. The molecule has 4 N–H and O–H groups in total. The van der Waals surface area contributed by atoms with Crippen molar-refractivity contribution in [3.8, 4) is 22.6 Å². The standard InChI is InChI=1S/C34H31NO7/c35-19-22-6-5-9-25(14-22)29-16-23(20-40-30-10-3-1-7-24(30)12-13-32(36)37)15-27-17-28(42-34(27)29)21-41-31-11-4-2-8-26(31)18-33(38)39/h1-11,14-17H,12-13,18-21,35H2,(H,36,37)(H,38,39). The van der Waals surface area contributed by atoms with Crippen molar-refractivity contribution in [2.45, 2.75) is 39.0 Å². The monoisotopic (exact) mass is 565 g/mol. The lowest BCUT2D eigenvalue weighted by Gasteiger charge is -2.13. The van der Waals surface area contributed by atoms with E-state index in [9.17, 15) is 14.7 Å². The van der Waals surface area contributed by atoms with E-state index in [1.807, 2.05) is 66.7 Å². The van der Waals surface area contributed by atoms with Crippen LogP contribution in [0.4, 0.5) is 0 Å². The number of hydrogen-bond acceptors (Lipinski definition) is 6. The Morgan fingerprint density at radius 3 is 2.19 bits per heavy atom. The molecule has 0 aliphatic carbocycles. The number of para-hydroxylation sites is 2. The van der Waals surface area contributed by atoms with Gasteiger partial charge in [0.25, 0.3) is 0 Å². The summed E-state index contributed by atoms with van der Waals surface area (Å²) in [4.78, 5) is 22.4. The summed E-state index contributed by atoms with van der Waals surface area (Å²) in [7, 11) is 0. The van der Waals surface area contributed by atoms with Gasteiger partial charge in [-0.15, -0.1) is 0 Å². The van der Waals surface area contributed by atoms with E-state index in [0.717, 1.165) is 33.2 Å². The number of aryl methyl sites for hydroxylation is 1. The summed E-state index contributed by atoms with van der Waals surface area (Å²) < 4.78 is 18.5. The van der Waals surface area contributed by atoms with Crippen LogP contribution in [-0.4, -0.2) is 22.2 Å². The molecule has 5 rings (SSSR count). The highest BCUT2D eigenvalue weighted by atomic mass is 16.5. The normalized spacial score (nSPS) is 11.0. The average molecular weight is 566 g/mol. The minimum absolute atomic E-state index is 0.0224. The number of carboxylic acid groups (broad SMARTS) is 2. The Hall–Kier alpha value is -5.08. The second-order valence-corrected chi connectivity index (χ2v) is 9.94. The molecule has 0 aliphatic rings. The largest absolute Gasteiger partial charge is 0.489 e. The van der Waals surface area contributed by atoms with Crippen LogP contribution < -0.4 is 15.2 Å². The molecule has 0 fully saturated rings. The van der Waals surface area contributed by atoms with Gasteiger partial charge in [0, 0.05) is 29.5 Å². The SMILES string of the molecule is NCc1cccc(-c2cc(COc3ccccc3CCC(=O)O)cc3cc(COc4ccccc4CC(=O)O)oc23)c1. The molecule has 0 aliphatic heterocycles. The van der Waals surface area contributed by atoms with Gasteiger partial charge in [-0.05, 0) is 65.1 Å². The Labute approximate surface area is 242 Å². The Morgan fingerprint density at radius 1 is 0.738 bits per heavy atom. The average Bonchev–Trinajstić information content (AvgIpc) is 3.41. The van der Waals surface area contributed by atoms with Crippen LogP contribution in [0.2, 0.25) is 0 Å². The number of nitrogens with two attached hydrogens (primary N) is 1. The lowest BCUT2D eigenvalue weighted by Crippen LogP contribution is -2.03. The zero-order chi connectivity index (χ0) is 29.5. The fourth-order valence-corrected chi connectivity index (χ4v) is 4.86. The molecule has 0 bridgehead atoms. The van der Waals surface area contributed by atoms with E-state index in [2.05, 4.69) is 0 Å². The van der Waals surface area contributed by atoms with E-state index in [4.69, 9.17) is 24.7 Å². The molecule has 1 heterocycles. The number of ether oxygens (including phenoxy) is 2. The number of carboxylic acids is 2. The summed E-state index contributed by atoms with van der Waals surface area (Å²) in [5, 5.41) is 19.2. The van der Waals surface area contributed by atoms with Gasteiger partial charge < -0.3 is 29.8 Å². The highest BCUT2D eigenvalue weighted by Gasteiger charge is 2.15. The number of fused-ring (bicyclic) bond motifs is 1. The molecular weight excluding hydrogens is 534 g/mol. The second-order valence-electron chi connectivity index (χ2n) is 9.94. The van der Waals surface area contributed by atoms with E-state index >= 15 is 0 Å². The minimum atomic E-state index is -0.932. The number of aliphatic carboxylic acids is 2. The molecule has 0 unspecified atom stereocenters. The third-order valence-corrected chi connectivity index (χ3v) is 6.86. The Balaban J connectivity index is 1.45. The van der Waals surface area contributed by atoms with E-state index in [-0.39, 0.29) is 26.1 Å². The first-order valence-electron chi connectivity index (χ1n) is 13.6. The number of benzene rings is 4. The Kier molecular flexibility index (Phi) is 8.84. The molecule has 4 aromatic carbocycles. The van der Waals surface area contributed by atoms with Crippen molar-refractivity contribution in [1.29, 1.82) is 0 Å². The van der Waals surface area contributed by atoms with Gasteiger partial charge in [-0.3, -0.25) is 9.59 Å². The quantitative estimate of drug-likeness (QED) is 0.150. The van der Waals surface area contributed by atoms with E-state index in [1.54, 1.807) is 24.3 Å². The summed E-state index contributed by atoms with van der Waals surface area (Å²) in [6, 6.07) is 28.4. The summed E-state index contributed by atoms with van der Waals surface area (Å²) in [5.74, 6) is -0.0646. The smallest absolute Gasteiger partial charge is 0.307 e. The van der Waals surface area contributed by atoms with Gasteiger partial charge in [0.1, 0.15) is 36.1 Å². The summed E-state index contributed by atoms with van der Waals surface area (Å²) >= 11 is 0. The number of furan rings is 1. The number of hydrogen-bond donors (Lipinski definition) is 3. The van der Waals surface area contributed by atoms with Crippen LogP contribution in [0.15, 0.2) is 95.4 Å². The molecule has 42 heavy (non-hydrogen) atoms. The van der Waals surface area contributed by atoms with Crippen LogP contribution in [0.5, 0.6) is 11.5 Å².